The van der Waals surface area contributed by atoms with Gasteiger partial charge in [-0.05, 0) is 83.5 Å². The minimum atomic E-state index is -0.811. The van der Waals surface area contributed by atoms with Crippen molar-refractivity contribution in [1.29, 1.82) is 0 Å². The fourth-order valence-electron chi connectivity index (χ4n) is 5.72. The zero-order valence-electron chi connectivity index (χ0n) is 37.0. The number of hydrogen-bond acceptors (Lipinski definition) is 6. The zero-order valence-corrected chi connectivity index (χ0v) is 37.0. The number of ether oxygens (including phenoxy) is 3. The minimum absolute atomic E-state index is 0.114. The van der Waals surface area contributed by atoms with E-state index >= 15 is 0 Å². The molecular weight excluding hydrogens is 721 g/mol. The fraction of sp³-hybridized carbons (Fsp3) is 0.596. The standard InChI is InChI=1S/C52H82O6/c1-4-7-10-13-16-19-21-23-24-25-26-27-28-29-31-33-36-39-42-45-51(54)57-48-49(47-56-50(53)44-41-38-35-32-18-15-12-9-6-3)58-52(55)46-43-40-37-34-30-22-20-17-14-11-8-5-2/h7,10,13,16-17,19-21,23-29,31-32,35,49H,4-6,8-9,11-12,14-15,18,22,30,33-34,36-48H2,1-3H3/b10-7-,16-13-,20-17-,21-19-,24-23-,26-25+,28-27-,31-29-,35-32-. The van der Waals surface area contributed by atoms with Gasteiger partial charge in [-0.1, -0.05) is 188 Å². The summed E-state index contributed by atoms with van der Waals surface area (Å²) in [6.45, 7) is 6.32. The third-order valence-corrected chi connectivity index (χ3v) is 9.18. The van der Waals surface area contributed by atoms with Crippen molar-refractivity contribution in [3.8, 4) is 0 Å². The van der Waals surface area contributed by atoms with Crippen molar-refractivity contribution in [2.45, 2.75) is 187 Å². The van der Waals surface area contributed by atoms with Crippen LogP contribution in [0.25, 0.3) is 0 Å². The first-order valence-corrected chi connectivity index (χ1v) is 23.0. The molecule has 6 nitrogen and oxygen atoms in total. The SMILES string of the molecule is CC\C=C/C=C\C=C/C=C\C=C\C=C/C=C\CCCCCC(=O)OCC(COC(=O)CCC/C=C\CCCCCC)OC(=O)CCCCCCC/C=C\CCCCC. The van der Waals surface area contributed by atoms with Crippen LogP contribution in [0.2, 0.25) is 0 Å². The molecule has 0 aromatic carbocycles. The molecule has 0 aromatic rings. The lowest BCUT2D eigenvalue weighted by molar-refractivity contribution is -0.167. The van der Waals surface area contributed by atoms with Gasteiger partial charge < -0.3 is 14.2 Å². The Balaban J connectivity index is 4.51. The molecule has 6 heteroatoms. The monoisotopic (exact) mass is 803 g/mol. The third kappa shape index (κ3) is 43.2. The van der Waals surface area contributed by atoms with Crippen molar-refractivity contribution >= 4 is 17.9 Å². The number of carbonyl (C=O) groups excluding carboxylic acids is 3. The summed E-state index contributed by atoms with van der Waals surface area (Å²) >= 11 is 0. The highest BCUT2D eigenvalue weighted by molar-refractivity contribution is 5.71. The highest BCUT2D eigenvalue weighted by Gasteiger charge is 2.19. The van der Waals surface area contributed by atoms with Crippen LogP contribution in [-0.2, 0) is 28.6 Å². The molecule has 0 aliphatic heterocycles. The summed E-state index contributed by atoms with van der Waals surface area (Å²) < 4.78 is 16.6. The van der Waals surface area contributed by atoms with Crippen molar-refractivity contribution in [1.82, 2.24) is 0 Å². The maximum atomic E-state index is 12.7. The van der Waals surface area contributed by atoms with Crippen molar-refractivity contribution in [3.63, 3.8) is 0 Å². The Kier molecular flexibility index (Phi) is 42.7. The van der Waals surface area contributed by atoms with E-state index in [1.165, 1.54) is 57.8 Å². The van der Waals surface area contributed by atoms with Crippen LogP contribution in [0.3, 0.4) is 0 Å². The molecule has 1 atom stereocenters. The highest BCUT2D eigenvalue weighted by atomic mass is 16.6. The second-order valence-electron chi connectivity index (χ2n) is 14.8. The first kappa shape index (κ1) is 54.1. The largest absolute Gasteiger partial charge is 0.462 e. The van der Waals surface area contributed by atoms with Gasteiger partial charge in [0.15, 0.2) is 6.10 Å². The lowest BCUT2D eigenvalue weighted by atomic mass is 10.1. The maximum Gasteiger partial charge on any atom is 0.306 e. The normalized spacial score (nSPS) is 13.1. The Morgan fingerprint density at radius 2 is 0.707 bits per heavy atom. The van der Waals surface area contributed by atoms with Gasteiger partial charge in [-0.3, -0.25) is 14.4 Å². The quantitative estimate of drug-likeness (QED) is 0.0202. The van der Waals surface area contributed by atoms with Crippen molar-refractivity contribution < 1.29 is 28.6 Å². The summed E-state index contributed by atoms with van der Waals surface area (Å²) in [5, 5.41) is 0. The predicted octanol–water partition coefficient (Wildman–Crippen LogP) is 14.8. The van der Waals surface area contributed by atoms with Crippen LogP contribution in [0.4, 0.5) is 0 Å². The molecule has 0 bridgehead atoms. The number of rotatable bonds is 39. The predicted molar refractivity (Wildman–Crippen MR) is 247 cm³/mol. The Hall–Kier alpha value is -3.93. The number of hydrogen-bond donors (Lipinski definition) is 0. The first-order valence-electron chi connectivity index (χ1n) is 23.0. The molecule has 0 aromatic heterocycles. The Bertz CT molecular complexity index is 1240. The molecule has 0 spiro atoms. The Morgan fingerprint density at radius 3 is 1.22 bits per heavy atom. The van der Waals surface area contributed by atoms with Gasteiger partial charge in [0.05, 0.1) is 0 Å². The number of allylic oxidation sites excluding steroid dienone is 18. The maximum absolute atomic E-state index is 12.7. The summed E-state index contributed by atoms with van der Waals surface area (Å²) in [4.78, 5) is 37.7. The van der Waals surface area contributed by atoms with E-state index in [9.17, 15) is 14.4 Å². The molecule has 0 radical (unpaired) electrons. The van der Waals surface area contributed by atoms with Crippen LogP contribution >= 0.6 is 0 Å². The Labute approximate surface area is 355 Å². The number of esters is 3. The van der Waals surface area contributed by atoms with Crippen LogP contribution in [-0.4, -0.2) is 37.2 Å². The van der Waals surface area contributed by atoms with Gasteiger partial charge in [-0.2, -0.15) is 0 Å². The number of unbranched alkanes of at least 4 members (excludes halogenated alkanes) is 16. The van der Waals surface area contributed by atoms with Crippen LogP contribution in [0.1, 0.15) is 181 Å². The molecule has 0 aliphatic carbocycles. The lowest BCUT2D eigenvalue weighted by Crippen LogP contribution is -2.30. The van der Waals surface area contributed by atoms with Crippen LogP contribution in [0.15, 0.2) is 109 Å². The zero-order chi connectivity index (χ0) is 42.3. The summed E-state index contributed by atoms with van der Waals surface area (Å²) in [6, 6.07) is 0. The lowest BCUT2D eigenvalue weighted by Gasteiger charge is -2.18. The molecule has 0 N–H and O–H groups in total. The summed E-state index contributed by atoms with van der Waals surface area (Å²) in [5.41, 5.74) is 0. The third-order valence-electron chi connectivity index (χ3n) is 9.18. The van der Waals surface area contributed by atoms with Crippen LogP contribution < -0.4 is 0 Å². The van der Waals surface area contributed by atoms with Gasteiger partial charge in [0.2, 0.25) is 0 Å². The molecule has 0 amide bonds. The molecule has 0 rings (SSSR count). The topological polar surface area (TPSA) is 78.9 Å². The van der Waals surface area contributed by atoms with Crippen LogP contribution in [0, 0.1) is 0 Å². The molecule has 0 aliphatic rings. The molecule has 58 heavy (non-hydrogen) atoms. The smallest absolute Gasteiger partial charge is 0.306 e. The van der Waals surface area contributed by atoms with Gasteiger partial charge in [0.25, 0.3) is 0 Å². The second kappa shape index (κ2) is 45.8. The average molecular weight is 803 g/mol. The minimum Gasteiger partial charge on any atom is -0.462 e. The molecule has 1 unspecified atom stereocenters. The van der Waals surface area contributed by atoms with E-state index in [0.29, 0.717) is 25.7 Å². The molecule has 0 heterocycles. The van der Waals surface area contributed by atoms with E-state index in [1.807, 2.05) is 72.9 Å². The summed E-state index contributed by atoms with van der Waals surface area (Å²) in [7, 11) is 0. The van der Waals surface area contributed by atoms with E-state index in [1.54, 1.807) is 0 Å². The Morgan fingerprint density at radius 1 is 0.362 bits per heavy atom. The van der Waals surface area contributed by atoms with Gasteiger partial charge in [0.1, 0.15) is 13.2 Å². The molecule has 0 saturated carbocycles. The summed E-state index contributed by atoms with van der Waals surface area (Å²) in [6.07, 6.45) is 60.7. The van der Waals surface area contributed by atoms with Gasteiger partial charge in [0, 0.05) is 19.3 Å². The van der Waals surface area contributed by atoms with E-state index in [4.69, 9.17) is 14.2 Å². The molecule has 326 valence electrons. The van der Waals surface area contributed by atoms with Crippen molar-refractivity contribution in [2.24, 2.45) is 0 Å². The molecular formula is C52H82O6. The van der Waals surface area contributed by atoms with E-state index in [0.717, 1.165) is 77.0 Å². The number of carbonyl (C=O) groups is 3. The van der Waals surface area contributed by atoms with Crippen molar-refractivity contribution in [3.05, 3.63) is 109 Å². The van der Waals surface area contributed by atoms with Gasteiger partial charge in [-0.25, -0.2) is 0 Å². The molecule has 0 saturated heterocycles. The van der Waals surface area contributed by atoms with Crippen molar-refractivity contribution in [2.75, 3.05) is 13.2 Å². The second-order valence-corrected chi connectivity index (χ2v) is 14.8. The average Bonchev–Trinajstić information content (AvgIpc) is 3.22. The van der Waals surface area contributed by atoms with E-state index < -0.39 is 6.10 Å². The summed E-state index contributed by atoms with van der Waals surface area (Å²) in [5.74, 6) is -1.01. The van der Waals surface area contributed by atoms with Crippen LogP contribution in [0.5, 0.6) is 0 Å². The van der Waals surface area contributed by atoms with Gasteiger partial charge in [-0.15, -0.1) is 0 Å². The fourth-order valence-corrected chi connectivity index (χ4v) is 5.72. The highest BCUT2D eigenvalue weighted by Crippen LogP contribution is 2.12. The van der Waals surface area contributed by atoms with E-state index in [2.05, 4.69) is 57.2 Å². The molecule has 0 fully saturated rings. The first-order chi connectivity index (χ1) is 28.5. The van der Waals surface area contributed by atoms with E-state index in [-0.39, 0.29) is 31.1 Å². The van der Waals surface area contributed by atoms with Gasteiger partial charge >= 0.3 is 17.9 Å².